The smallest absolute Gasteiger partial charge is 0.274 e. The molecule has 0 bridgehead atoms. The van der Waals surface area contributed by atoms with E-state index in [0.717, 1.165) is 13.1 Å². The zero-order chi connectivity index (χ0) is 20.1. The van der Waals surface area contributed by atoms with E-state index in [4.69, 9.17) is 10.5 Å². The standard InChI is InChI=1S/C18H25N5O5/c19-18(25)14-1-2-15(16(11-14)23(26)27)12-20-3-5-22(6-4-20)17(24)13-21-7-9-28-10-8-21/h1-2,11H,3-10,12-13H2,(H2,19,25). The van der Waals surface area contributed by atoms with Crippen molar-refractivity contribution >= 4 is 17.5 Å². The average molecular weight is 391 g/mol. The molecule has 2 N–H and O–H groups in total. The number of rotatable bonds is 6. The lowest BCUT2D eigenvalue weighted by Gasteiger charge is -2.36. The summed E-state index contributed by atoms with van der Waals surface area (Å²) in [5.74, 6) is -0.583. The number of benzene rings is 1. The zero-order valence-electron chi connectivity index (χ0n) is 15.7. The van der Waals surface area contributed by atoms with Crippen molar-refractivity contribution in [2.24, 2.45) is 5.73 Å². The van der Waals surface area contributed by atoms with E-state index < -0.39 is 10.8 Å². The van der Waals surface area contributed by atoms with Crippen LogP contribution >= 0.6 is 0 Å². The number of nitrogens with two attached hydrogens (primary N) is 1. The van der Waals surface area contributed by atoms with Crippen molar-refractivity contribution in [1.82, 2.24) is 14.7 Å². The molecule has 10 nitrogen and oxygen atoms in total. The van der Waals surface area contributed by atoms with Crippen LogP contribution in [0.3, 0.4) is 0 Å². The number of nitrogens with zero attached hydrogens (tertiary/aromatic N) is 4. The summed E-state index contributed by atoms with van der Waals surface area (Å²) in [7, 11) is 0. The van der Waals surface area contributed by atoms with Gasteiger partial charge >= 0.3 is 0 Å². The molecule has 0 atom stereocenters. The van der Waals surface area contributed by atoms with Gasteiger partial charge in [0, 0.05) is 63.0 Å². The van der Waals surface area contributed by atoms with Crippen molar-refractivity contribution < 1.29 is 19.2 Å². The summed E-state index contributed by atoms with van der Waals surface area (Å²) in [5, 5.41) is 11.3. The second-order valence-corrected chi connectivity index (χ2v) is 7.01. The Morgan fingerprint density at radius 3 is 2.36 bits per heavy atom. The van der Waals surface area contributed by atoms with Gasteiger partial charge in [0.05, 0.1) is 24.7 Å². The van der Waals surface area contributed by atoms with Gasteiger partial charge in [0.15, 0.2) is 0 Å². The van der Waals surface area contributed by atoms with Crippen LogP contribution in [0.4, 0.5) is 5.69 Å². The molecule has 10 heteroatoms. The van der Waals surface area contributed by atoms with E-state index in [1.807, 2.05) is 4.90 Å². The summed E-state index contributed by atoms with van der Waals surface area (Å²) in [6.07, 6.45) is 0. The number of piperazine rings is 1. The number of primary amides is 1. The molecule has 2 aliphatic heterocycles. The Balaban J connectivity index is 1.54. The Morgan fingerprint density at radius 1 is 1.07 bits per heavy atom. The number of hydrogen-bond acceptors (Lipinski definition) is 7. The highest BCUT2D eigenvalue weighted by Crippen LogP contribution is 2.22. The van der Waals surface area contributed by atoms with Crippen molar-refractivity contribution in [3.63, 3.8) is 0 Å². The summed E-state index contributed by atoms with van der Waals surface area (Å²) >= 11 is 0. The molecule has 152 valence electrons. The third-order valence-electron chi connectivity index (χ3n) is 5.15. The number of carbonyl (C=O) groups excluding carboxylic acids is 2. The van der Waals surface area contributed by atoms with Crippen LogP contribution in [0.2, 0.25) is 0 Å². The number of ether oxygens (including phenoxy) is 1. The molecule has 0 aromatic heterocycles. The van der Waals surface area contributed by atoms with Gasteiger partial charge in [-0.05, 0) is 6.07 Å². The molecule has 0 spiro atoms. The minimum absolute atomic E-state index is 0.109. The lowest BCUT2D eigenvalue weighted by atomic mass is 10.1. The molecule has 0 aliphatic carbocycles. The molecule has 0 radical (unpaired) electrons. The normalized spacial score (nSPS) is 18.8. The Labute approximate surface area is 163 Å². The van der Waals surface area contributed by atoms with Crippen LogP contribution in [-0.2, 0) is 16.1 Å². The van der Waals surface area contributed by atoms with Gasteiger partial charge in [0.2, 0.25) is 11.8 Å². The quantitative estimate of drug-likeness (QED) is 0.520. The molecule has 2 aliphatic rings. The van der Waals surface area contributed by atoms with Crippen LogP contribution in [0, 0.1) is 10.1 Å². The number of morpholine rings is 1. The van der Waals surface area contributed by atoms with Crippen molar-refractivity contribution in [3.8, 4) is 0 Å². The van der Waals surface area contributed by atoms with Gasteiger partial charge in [-0.3, -0.25) is 29.5 Å². The van der Waals surface area contributed by atoms with Gasteiger partial charge in [0.25, 0.3) is 5.69 Å². The van der Waals surface area contributed by atoms with Crippen LogP contribution in [-0.4, -0.2) is 90.5 Å². The van der Waals surface area contributed by atoms with Gasteiger partial charge in [-0.1, -0.05) is 6.07 Å². The first-order valence-electron chi connectivity index (χ1n) is 9.31. The Kier molecular flexibility index (Phi) is 6.55. The topological polar surface area (TPSA) is 122 Å². The van der Waals surface area contributed by atoms with E-state index >= 15 is 0 Å². The number of hydrogen-bond donors (Lipinski definition) is 1. The second-order valence-electron chi connectivity index (χ2n) is 7.01. The van der Waals surface area contributed by atoms with Crippen molar-refractivity contribution in [3.05, 3.63) is 39.4 Å². The molecular formula is C18H25N5O5. The Bertz CT molecular complexity index is 742. The zero-order valence-corrected chi connectivity index (χ0v) is 15.7. The predicted molar refractivity (Wildman–Crippen MR) is 101 cm³/mol. The van der Waals surface area contributed by atoms with E-state index in [1.165, 1.54) is 12.1 Å². The molecular weight excluding hydrogens is 366 g/mol. The Hall–Kier alpha value is -2.56. The molecule has 3 rings (SSSR count). The molecule has 0 saturated carbocycles. The first-order valence-corrected chi connectivity index (χ1v) is 9.31. The first-order chi connectivity index (χ1) is 13.4. The number of nitro groups is 1. The summed E-state index contributed by atoms with van der Waals surface area (Å²) in [6, 6.07) is 4.31. The minimum Gasteiger partial charge on any atom is -0.379 e. The maximum atomic E-state index is 12.5. The molecule has 0 unspecified atom stereocenters. The highest BCUT2D eigenvalue weighted by molar-refractivity contribution is 5.93. The molecule has 1 aromatic rings. The summed E-state index contributed by atoms with van der Waals surface area (Å²) in [6.45, 7) is 6.14. The second kappa shape index (κ2) is 9.09. The molecule has 28 heavy (non-hydrogen) atoms. The monoisotopic (exact) mass is 391 g/mol. The highest BCUT2D eigenvalue weighted by atomic mass is 16.6. The minimum atomic E-state index is -0.693. The largest absolute Gasteiger partial charge is 0.379 e. The van der Waals surface area contributed by atoms with Gasteiger partial charge in [0.1, 0.15) is 0 Å². The fourth-order valence-electron chi connectivity index (χ4n) is 3.47. The van der Waals surface area contributed by atoms with Crippen LogP contribution in [0.5, 0.6) is 0 Å². The summed E-state index contributed by atoms with van der Waals surface area (Å²) in [5.41, 5.74) is 5.75. The number of nitro benzene ring substituents is 1. The molecule has 1 aromatic carbocycles. The maximum Gasteiger partial charge on any atom is 0.274 e. The van der Waals surface area contributed by atoms with E-state index in [0.29, 0.717) is 58.0 Å². The van der Waals surface area contributed by atoms with Gasteiger partial charge in [-0.25, -0.2) is 0 Å². The highest BCUT2D eigenvalue weighted by Gasteiger charge is 2.25. The fraction of sp³-hybridized carbons (Fsp3) is 0.556. The van der Waals surface area contributed by atoms with Crippen molar-refractivity contribution in [2.75, 3.05) is 59.0 Å². The molecule has 2 saturated heterocycles. The van der Waals surface area contributed by atoms with Gasteiger partial charge in [-0.15, -0.1) is 0 Å². The third kappa shape index (κ3) is 5.03. The van der Waals surface area contributed by atoms with E-state index in [1.54, 1.807) is 6.07 Å². The van der Waals surface area contributed by atoms with E-state index in [2.05, 4.69) is 9.80 Å². The van der Waals surface area contributed by atoms with E-state index in [9.17, 15) is 19.7 Å². The molecule has 2 heterocycles. The van der Waals surface area contributed by atoms with Gasteiger partial charge < -0.3 is 15.4 Å². The molecule has 2 amide bonds. The Morgan fingerprint density at radius 2 is 1.75 bits per heavy atom. The third-order valence-corrected chi connectivity index (χ3v) is 5.15. The molecule has 2 fully saturated rings. The van der Waals surface area contributed by atoms with Crippen LogP contribution in [0.25, 0.3) is 0 Å². The predicted octanol–water partition coefficient (Wildman–Crippen LogP) is -0.330. The summed E-state index contributed by atoms with van der Waals surface area (Å²) in [4.78, 5) is 40.6. The lowest BCUT2D eigenvalue weighted by molar-refractivity contribution is -0.385. The lowest BCUT2D eigenvalue weighted by Crippen LogP contribution is -2.52. The van der Waals surface area contributed by atoms with Crippen LogP contribution < -0.4 is 5.73 Å². The van der Waals surface area contributed by atoms with Crippen LogP contribution in [0.15, 0.2) is 18.2 Å². The fourth-order valence-corrected chi connectivity index (χ4v) is 3.47. The van der Waals surface area contributed by atoms with Crippen molar-refractivity contribution in [2.45, 2.75) is 6.54 Å². The van der Waals surface area contributed by atoms with Gasteiger partial charge in [-0.2, -0.15) is 0 Å². The first kappa shape index (κ1) is 20.2. The number of amides is 2. The average Bonchev–Trinajstić information content (AvgIpc) is 2.69. The SMILES string of the molecule is NC(=O)c1ccc(CN2CCN(C(=O)CN3CCOCC3)CC2)c([N+](=O)[O-])c1. The van der Waals surface area contributed by atoms with Crippen LogP contribution in [0.1, 0.15) is 15.9 Å². The summed E-state index contributed by atoms with van der Waals surface area (Å²) < 4.78 is 5.30. The van der Waals surface area contributed by atoms with E-state index in [-0.39, 0.29) is 17.2 Å². The maximum absolute atomic E-state index is 12.5. The van der Waals surface area contributed by atoms with Crippen molar-refractivity contribution in [1.29, 1.82) is 0 Å². The number of carbonyl (C=O) groups is 2.